The first-order chi connectivity index (χ1) is 9.72. The van der Waals surface area contributed by atoms with E-state index in [9.17, 15) is 4.79 Å². The molecule has 3 aliphatic rings. The van der Waals surface area contributed by atoms with Crippen LogP contribution < -0.4 is 5.32 Å². The number of nitrogens with one attached hydrogen (secondary N) is 1. The molecule has 0 aliphatic heterocycles. The molecule has 4 rings (SSSR count). The molecule has 1 N–H and O–H groups in total. The number of hydrogen-bond donors (Lipinski definition) is 1. The number of allylic oxidation sites excluding steroid dienone is 6. The summed E-state index contributed by atoms with van der Waals surface area (Å²) in [4.78, 5) is 20.6. The zero-order valence-corrected chi connectivity index (χ0v) is 11.1. The van der Waals surface area contributed by atoms with Crippen LogP contribution in [0.2, 0.25) is 0 Å². The monoisotopic (exact) mass is 263 g/mol. The molecule has 0 radical (unpaired) electrons. The van der Waals surface area contributed by atoms with Crippen LogP contribution in [0.15, 0.2) is 58.5 Å². The van der Waals surface area contributed by atoms with E-state index in [-0.39, 0.29) is 5.91 Å². The van der Waals surface area contributed by atoms with E-state index >= 15 is 0 Å². The predicted molar refractivity (Wildman–Crippen MR) is 74.5 cm³/mol. The van der Waals surface area contributed by atoms with Crippen molar-refractivity contribution in [3.05, 3.63) is 69.9 Å². The van der Waals surface area contributed by atoms with Gasteiger partial charge in [0, 0.05) is 11.8 Å². The third-order valence-corrected chi connectivity index (χ3v) is 3.78. The maximum Gasteiger partial charge on any atom is 0.252 e. The normalized spacial score (nSPS) is 18.1. The Morgan fingerprint density at radius 1 is 1.25 bits per heavy atom. The Kier molecular flexibility index (Phi) is 2.27. The molecule has 1 aromatic heterocycles. The molecule has 4 nitrogen and oxygen atoms in total. The molecule has 0 aromatic carbocycles. The Bertz CT molecular complexity index is 748. The highest BCUT2D eigenvalue weighted by Gasteiger charge is 2.35. The molecular weight excluding hydrogens is 250 g/mol. The van der Waals surface area contributed by atoms with Crippen molar-refractivity contribution in [3.8, 4) is 0 Å². The molecule has 1 aromatic rings. The van der Waals surface area contributed by atoms with Crippen molar-refractivity contribution in [2.75, 3.05) is 0 Å². The van der Waals surface area contributed by atoms with Crippen LogP contribution in [0, 0.1) is 6.92 Å². The van der Waals surface area contributed by atoms with Crippen LogP contribution in [-0.4, -0.2) is 15.9 Å². The number of amides is 1. The SMILES string of the molecule is Cc1cnc(CNC(=O)C2=C3C=C4CC4=C3C=C2)cn1. The molecule has 98 valence electrons. The van der Waals surface area contributed by atoms with Gasteiger partial charge in [-0.3, -0.25) is 14.8 Å². The first-order valence-corrected chi connectivity index (χ1v) is 6.65. The molecule has 0 bridgehead atoms. The van der Waals surface area contributed by atoms with Gasteiger partial charge in [0.05, 0.1) is 24.1 Å². The number of carbonyl (C=O) groups is 1. The van der Waals surface area contributed by atoms with Crippen LogP contribution in [0.25, 0.3) is 0 Å². The Morgan fingerprint density at radius 3 is 2.95 bits per heavy atom. The predicted octanol–water partition coefficient (Wildman–Crippen LogP) is 1.91. The number of aryl methyl sites for hydroxylation is 1. The van der Waals surface area contributed by atoms with Crippen LogP contribution in [0.5, 0.6) is 0 Å². The Labute approximate surface area is 116 Å². The summed E-state index contributed by atoms with van der Waals surface area (Å²) in [7, 11) is 0. The largest absolute Gasteiger partial charge is 0.346 e. The molecule has 1 amide bonds. The molecule has 0 unspecified atom stereocenters. The van der Waals surface area contributed by atoms with Gasteiger partial charge in [0.2, 0.25) is 0 Å². The van der Waals surface area contributed by atoms with Crippen LogP contribution in [0.3, 0.4) is 0 Å². The molecule has 0 atom stereocenters. The van der Waals surface area contributed by atoms with E-state index in [0.29, 0.717) is 6.54 Å². The smallest absolute Gasteiger partial charge is 0.252 e. The fourth-order valence-corrected chi connectivity index (χ4v) is 2.61. The van der Waals surface area contributed by atoms with E-state index in [4.69, 9.17) is 0 Å². The number of fused-ring (bicyclic) bond motifs is 2. The average Bonchev–Trinajstić information content (AvgIpc) is 2.93. The highest BCUT2D eigenvalue weighted by atomic mass is 16.1. The molecule has 0 saturated heterocycles. The highest BCUT2D eigenvalue weighted by Crippen LogP contribution is 2.51. The lowest BCUT2D eigenvalue weighted by molar-refractivity contribution is -0.117. The van der Waals surface area contributed by atoms with Crippen molar-refractivity contribution in [2.45, 2.75) is 19.9 Å². The average molecular weight is 263 g/mol. The molecule has 3 aliphatic carbocycles. The standard InChI is InChI=1S/C16H13N3O/c1-9-6-18-11(7-17-9)8-19-16(20)13-3-2-12-14-4-10(14)5-15(12)13/h2-3,5-7H,4,8H2,1H3,(H,19,20). The lowest BCUT2D eigenvalue weighted by Crippen LogP contribution is -2.24. The molecule has 0 spiro atoms. The topological polar surface area (TPSA) is 54.9 Å². The van der Waals surface area contributed by atoms with Crippen molar-refractivity contribution >= 4 is 5.91 Å². The van der Waals surface area contributed by atoms with Gasteiger partial charge in [0.15, 0.2) is 0 Å². The third-order valence-electron chi connectivity index (χ3n) is 3.78. The van der Waals surface area contributed by atoms with Gasteiger partial charge in [-0.1, -0.05) is 6.08 Å². The number of carbonyl (C=O) groups excluding carboxylic acids is 1. The van der Waals surface area contributed by atoms with Gasteiger partial charge in [-0.2, -0.15) is 0 Å². The van der Waals surface area contributed by atoms with Gasteiger partial charge < -0.3 is 5.32 Å². The number of hydrogen-bond acceptors (Lipinski definition) is 3. The zero-order chi connectivity index (χ0) is 13.7. The van der Waals surface area contributed by atoms with Crippen LogP contribution in [0.1, 0.15) is 17.8 Å². The van der Waals surface area contributed by atoms with E-state index < -0.39 is 0 Å². The fourth-order valence-electron chi connectivity index (χ4n) is 2.61. The molecule has 1 saturated carbocycles. The van der Waals surface area contributed by atoms with Crippen molar-refractivity contribution in [2.24, 2.45) is 0 Å². The van der Waals surface area contributed by atoms with E-state index in [1.54, 1.807) is 12.4 Å². The number of rotatable bonds is 3. The molecule has 1 heterocycles. The minimum atomic E-state index is -0.0487. The Balaban J connectivity index is 1.48. The van der Waals surface area contributed by atoms with Crippen molar-refractivity contribution in [3.63, 3.8) is 0 Å². The Hall–Kier alpha value is -2.49. The summed E-state index contributed by atoms with van der Waals surface area (Å²) in [6, 6.07) is 0. The van der Waals surface area contributed by atoms with Gasteiger partial charge in [-0.15, -0.1) is 0 Å². The summed E-state index contributed by atoms with van der Waals surface area (Å²) in [5.74, 6) is -0.0487. The molecule has 4 heteroatoms. The first-order valence-electron chi connectivity index (χ1n) is 6.65. The fraction of sp³-hybridized carbons (Fsp3) is 0.188. The maximum absolute atomic E-state index is 12.2. The molecule has 20 heavy (non-hydrogen) atoms. The summed E-state index contributed by atoms with van der Waals surface area (Å²) in [5, 5.41) is 2.90. The Morgan fingerprint density at radius 2 is 2.15 bits per heavy atom. The minimum Gasteiger partial charge on any atom is -0.346 e. The summed E-state index contributed by atoms with van der Waals surface area (Å²) >= 11 is 0. The van der Waals surface area contributed by atoms with Gasteiger partial charge >= 0.3 is 0 Å². The van der Waals surface area contributed by atoms with Crippen molar-refractivity contribution in [1.29, 1.82) is 0 Å². The second-order valence-corrected chi connectivity index (χ2v) is 5.23. The van der Waals surface area contributed by atoms with Gasteiger partial charge in [0.1, 0.15) is 0 Å². The van der Waals surface area contributed by atoms with Crippen LogP contribution in [-0.2, 0) is 11.3 Å². The quantitative estimate of drug-likeness (QED) is 0.906. The first kappa shape index (κ1) is 11.3. The third kappa shape index (κ3) is 1.72. The second kappa shape index (κ2) is 4.00. The minimum absolute atomic E-state index is 0.0487. The van der Waals surface area contributed by atoms with Gasteiger partial charge in [0.25, 0.3) is 5.91 Å². The number of aromatic nitrogens is 2. The van der Waals surface area contributed by atoms with E-state index in [1.807, 2.05) is 19.1 Å². The summed E-state index contributed by atoms with van der Waals surface area (Å²) < 4.78 is 0. The van der Waals surface area contributed by atoms with E-state index in [2.05, 4.69) is 21.4 Å². The lowest BCUT2D eigenvalue weighted by Gasteiger charge is -2.06. The summed E-state index contributed by atoms with van der Waals surface area (Å²) in [5.41, 5.74) is 7.50. The second-order valence-electron chi connectivity index (χ2n) is 5.23. The van der Waals surface area contributed by atoms with Gasteiger partial charge in [-0.05, 0) is 47.8 Å². The molecule has 1 fully saturated rings. The van der Waals surface area contributed by atoms with E-state index in [1.165, 1.54) is 16.7 Å². The lowest BCUT2D eigenvalue weighted by atomic mass is 10.1. The van der Waals surface area contributed by atoms with Gasteiger partial charge in [-0.25, -0.2) is 0 Å². The van der Waals surface area contributed by atoms with E-state index in [0.717, 1.165) is 29.0 Å². The zero-order valence-electron chi connectivity index (χ0n) is 11.1. The highest BCUT2D eigenvalue weighted by molar-refractivity contribution is 6.01. The molecular formula is C16H13N3O. The summed E-state index contributed by atoms with van der Waals surface area (Å²) in [6.07, 6.45) is 10.6. The van der Waals surface area contributed by atoms with Crippen molar-refractivity contribution < 1.29 is 4.79 Å². The maximum atomic E-state index is 12.2. The summed E-state index contributed by atoms with van der Waals surface area (Å²) in [6.45, 7) is 2.29. The van der Waals surface area contributed by atoms with Crippen molar-refractivity contribution in [1.82, 2.24) is 15.3 Å². The van der Waals surface area contributed by atoms with Crippen LogP contribution in [0.4, 0.5) is 0 Å². The van der Waals surface area contributed by atoms with Crippen LogP contribution >= 0.6 is 0 Å². The number of nitrogens with zero attached hydrogens (tertiary/aromatic N) is 2.